The Balaban J connectivity index is 1.21. The fraction of sp³-hybridized carbons (Fsp3) is 0.467. The third-order valence-corrected chi connectivity index (χ3v) is 9.03. The SMILES string of the molecule is Cc1cc(C)cc(C(=O)N2CCCC(C(=O)N3CCN(C(C)(C)c4cn(-c5c(Cl)cc(Cl)cc5Cl)nn4)CC3)C2)c1. The first-order valence-electron chi connectivity index (χ1n) is 13.9. The van der Waals surface area contributed by atoms with Crippen LogP contribution in [0.5, 0.6) is 0 Å². The molecule has 0 spiro atoms. The molecule has 11 heteroatoms. The lowest BCUT2D eigenvalue weighted by molar-refractivity contribution is -0.139. The molecular weight excluding hydrogens is 583 g/mol. The van der Waals surface area contributed by atoms with E-state index >= 15 is 0 Å². The van der Waals surface area contributed by atoms with Crippen LogP contribution in [-0.4, -0.2) is 80.8 Å². The lowest BCUT2D eigenvalue weighted by atomic mass is 9.94. The summed E-state index contributed by atoms with van der Waals surface area (Å²) in [5.41, 5.74) is 3.70. The number of nitrogens with zero attached hydrogens (tertiary/aromatic N) is 6. The van der Waals surface area contributed by atoms with Gasteiger partial charge in [-0.15, -0.1) is 5.10 Å². The minimum Gasteiger partial charge on any atom is -0.340 e. The summed E-state index contributed by atoms with van der Waals surface area (Å²) < 4.78 is 1.58. The van der Waals surface area contributed by atoms with Crippen LogP contribution in [0.4, 0.5) is 0 Å². The number of hydrogen-bond donors (Lipinski definition) is 0. The van der Waals surface area contributed by atoms with Crippen molar-refractivity contribution in [3.05, 3.63) is 74.0 Å². The third-order valence-electron chi connectivity index (χ3n) is 8.24. The average Bonchev–Trinajstić information content (AvgIpc) is 3.42. The molecule has 2 fully saturated rings. The molecule has 3 aromatic rings. The van der Waals surface area contributed by atoms with Gasteiger partial charge in [-0.3, -0.25) is 14.5 Å². The predicted octanol–water partition coefficient (Wildman–Crippen LogP) is 5.78. The smallest absolute Gasteiger partial charge is 0.253 e. The first-order chi connectivity index (χ1) is 19.4. The number of halogens is 3. The Hall–Kier alpha value is -2.65. The lowest BCUT2D eigenvalue weighted by Crippen LogP contribution is -2.56. The number of carbonyl (C=O) groups is 2. The van der Waals surface area contributed by atoms with Gasteiger partial charge in [0.1, 0.15) is 11.4 Å². The summed E-state index contributed by atoms with van der Waals surface area (Å²) in [6.45, 7) is 12.0. The van der Waals surface area contributed by atoms with Crippen molar-refractivity contribution in [3.8, 4) is 5.69 Å². The molecule has 2 aliphatic heterocycles. The van der Waals surface area contributed by atoms with E-state index in [1.807, 2.05) is 42.0 Å². The number of carbonyl (C=O) groups excluding carboxylic acids is 2. The zero-order chi connectivity index (χ0) is 29.5. The minimum absolute atomic E-state index is 0.00934. The normalized spacial score (nSPS) is 18.6. The van der Waals surface area contributed by atoms with Crippen LogP contribution in [0.25, 0.3) is 5.69 Å². The summed E-state index contributed by atoms with van der Waals surface area (Å²) in [6.07, 6.45) is 3.47. The Morgan fingerprint density at radius 2 is 1.51 bits per heavy atom. The molecule has 0 saturated carbocycles. The molecule has 2 aliphatic rings. The number of aromatic nitrogens is 3. The Morgan fingerprint density at radius 3 is 2.15 bits per heavy atom. The summed E-state index contributed by atoms with van der Waals surface area (Å²) in [7, 11) is 0. The van der Waals surface area contributed by atoms with Gasteiger partial charge in [-0.2, -0.15) is 0 Å². The fourth-order valence-corrected chi connectivity index (χ4v) is 6.95. The zero-order valence-corrected chi connectivity index (χ0v) is 26.1. The Bertz CT molecular complexity index is 1420. The molecule has 1 atom stereocenters. The van der Waals surface area contributed by atoms with E-state index in [2.05, 4.69) is 35.1 Å². The van der Waals surface area contributed by atoms with Crippen molar-refractivity contribution in [1.82, 2.24) is 29.7 Å². The van der Waals surface area contributed by atoms with Gasteiger partial charge in [0.2, 0.25) is 5.91 Å². The first kappa shape index (κ1) is 29.8. The Kier molecular flexibility index (Phi) is 8.67. The molecule has 0 N–H and O–H groups in total. The van der Waals surface area contributed by atoms with Crippen molar-refractivity contribution in [3.63, 3.8) is 0 Å². The first-order valence-corrected chi connectivity index (χ1v) is 15.1. The second-order valence-corrected chi connectivity index (χ2v) is 12.9. The molecule has 5 rings (SSSR count). The van der Waals surface area contributed by atoms with Crippen molar-refractivity contribution in [2.45, 2.75) is 46.1 Å². The second-order valence-electron chi connectivity index (χ2n) is 11.6. The molecular formula is C30H35Cl3N6O2. The molecule has 218 valence electrons. The van der Waals surface area contributed by atoms with Crippen LogP contribution in [0, 0.1) is 19.8 Å². The Labute approximate surface area is 256 Å². The number of aryl methyl sites for hydroxylation is 2. The predicted molar refractivity (Wildman–Crippen MR) is 162 cm³/mol. The van der Waals surface area contributed by atoms with Crippen LogP contribution in [0.1, 0.15) is 53.9 Å². The number of amides is 2. The highest BCUT2D eigenvalue weighted by Crippen LogP contribution is 2.34. The molecule has 2 aromatic carbocycles. The number of piperazine rings is 1. The van der Waals surface area contributed by atoms with Crippen molar-refractivity contribution < 1.29 is 9.59 Å². The van der Waals surface area contributed by atoms with Crippen molar-refractivity contribution >= 4 is 46.6 Å². The summed E-state index contributed by atoms with van der Waals surface area (Å²) in [4.78, 5) is 32.9. The molecule has 2 amide bonds. The van der Waals surface area contributed by atoms with Gasteiger partial charge in [0, 0.05) is 49.9 Å². The van der Waals surface area contributed by atoms with Gasteiger partial charge in [-0.25, -0.2) is 4.68 Å². The molecule has 2 saturated heterocycles. The Morgan fingerprint density at radius 1 is 0.878 bits per heavy atom. The van der Waals surface area contributed by atoms with Crippen LogP contribution in [0.2, 0.25) is 15.1 Å². The van der Waals surface area contributed by atoms with Crippen LogP contribution in [0.3, 0.4) is 0 Å². The molecule has 3 heterocycles. The van der Waals surface area contributed by atoms with Gasteiger partial charge in [0.15, 0.2) is 0 Å². The lowest BCUT2D eigenvalue weighted by Gasteiger charge is -2.44. The van der Waals surface area contributed by atoms with E-state index in [1.54, 1.807) is 16.8 Å². The van der Waals surface area contributed by atoms with E-state index in [4.69, 9.17) is 34.8 Å². The maximum atomic E-state index is 13.5. The molecule has 8 nitrogen and oxygen atoms in total. The number of rotatable bonds is 5. The van der Waals surface area contributed by atoms with Crippen molar-refractivity contribution in [2.75, 3.05) is 39.3 Å². The molecule has 0 radical (unpaired) electrons. The van der Waals surface area contributed by atoms with Crippen molar-refractivity contribution in [2.24, 2.45) is 5.92 Å². The quantitative estimate of drug-likeness (QED) is 0.363. The molecule has 41 heavy (non-hydrogen) atoms. The van der Waals surface area contributed by atoms with E-state index in [-0.39, 0.29) is 17.7 Å². The van der Waals surface area contributed by atoms with E-state index < -0.39 is 5.54 Å². The third kappa shape index (κ3) is 6.26. The number of benzene rings is 2. The highest BCUT2D eigenvalue weighted by atomic mass is 35.5. The summed E-state index contributed by atoms with van der Waals surface area (Å²) in [5, 5.41) is 9.95. The average molecular weight is 618 g/mol. The highest BCUT2D eigenvalue weighted by Gasteiger charge is 2.37. The van der Waals surface area contributed by atoms with E-state index in [0.717, 1.165) is 29.7 Å². The summed E-state index contributed by atoms with van der Waals surface area (Å²) in [6, 6.07) is 9.17. The highest BCUT2D eigenvalue weighted by molar-refractivity contribution is 6.40. The van der Waals surface area contributed by atoms with Crippen molar-refractivity contribution in [1.29, 1.82) is 0 Å². The van der Waals surface area contributed by atoms with Crippen LogP contribution in [-0.2, 0) is 10.3 Å². The minimum atomic E-state index is -0.432. The second kappa shape index (κ2) is 11.9. The standard InChI is InChI=1S/C30H35Cl3N6O2/c1-19-12-20(2)14-22(13-19)29(41)37-7-5-6-21(17-37)28(40)36-8-10-38(11-9-36)30(3,4)26-18-39(35-34-26)27-24(32)15-23(31)16-25(27)33/h12-16,18,21H,5-11,17H2,1-4H3. The van der Waals surface area contributed by atoms with Gasteiger partial charge >= 0.3 is 0 Å². The summed E-state index contributed by atoms with van der Waals surface area (Å²) in [5.74, 6) is -0.0274. The maximum Gasteiger partial charge on any atom is 0.253 e. The van der Waals surface area contributed by atoms with Crippen LogP contribution in [0.15, 0.2) is 36.5 Å². The van der Waals surface area contributed by atoms with Gasteiger partial charge in [-0.05, 0) is 64.8 Å². The van der Waals surface area contributed by atoms with E-state index in [1.165, 1.54) is 0 Å². The van der Waals surface area contributed by atoms with Crippen LogP contribution < -0.4 is 0 Å². The largest absolute Gasteiger partial charge is 0.340 e. The maximum absolute atomic E-state index is 13.5. The molecule has 0 bridgehead atoms. The topological polar surface area (TPSA) is 74.6 Å². The van der Waals surface area contributed by atoms with E-state index in [0.29, 0.717) is 65.6 Å². The van der Waals surface area contributed by atoms with Gasteiger partial charge in [0.05, 0.1) is 27.7 Å². The van der Waals surface area contributed by atoms with E-state index in [9.17, 15) is 9.59 Å². The molecule has 1 aromatic heterocycles. The van der Waals surface area contributed by atoms with Gasteiger partial charge in [-0.1, -0.05) is 57.2 Å². The number of likely N-dealkylation sites (tertiary alicyclic amines) is 1. The monoisotopic (exact) mass is 616 g/mol. The van der Waals surface area contributed by atoms with Gasteiger partial charge < -0.3 is 9.80 Å². The molecule has 0 aliphatic carbocycles. The summed E-state index contributed by atoms with van der Waals surface area (Å²) >= 11 is 18.9. The fourth-order valence-electron chi connectivity index (χ4n) is 5.96. The zero-order valence-electron chi connectivity index (χ0n) is 23.8. The van der Waals surface area contributed by atoms with Gasteiger partial charge in [0.25, 0.3) is 5.91 Å². The number of hydrogen-bond acceptors (Lipinski definition) is 5. The number of piperidine rings is 1. The molecule has 1 unspecified atom stereocenters. The van der Waals surface area contributed by atoms with Crippen LogP contribution >= 0.6 is 34.8 Å².